The zero-order valence-electron chi connectivity index (χ0n) is 10.1. The molecule has 2 aliphatic rings. The lowest BCUT2D eigenvalue weighted by Gasteiger charge is -2.23. The number of rotatable bonds is 2. The Morgan fingerprint density at radius 1 is 1.50 bits per heavy atom. The molecule has 2 fully saturated rings. The van der Waals surface area contributed by atoms with Gasteiger partial charge in [0, 0.05) is 19.0 Å². The molecule has 0 aromatic carbocycles. The second-order valence-corrected chi connectivity index (χ2v) is 5.27. The number of carbonyl (C=O) groups excluding carboxylic acids is 1. The van der Waals surface area contributed by atoms with E-state index in [9.17, 15) is 9.90 Å². The van der Waals surface area contributed by atoms with Gasteiger partial charge >= 0.3 is 0 Å². The molecule has 4 atom stereocenters. The van der Waals surface area contributed by atoms with Gasteiger partial charge in [-0.1, -0.05) is 6.92 Å². The van der Waals surface area contributed by atoms with Gasteiger partial charge in [0.1, 0.15) is 0 Å². The summed E-state index contributed by atoms with van der Waals surface area (Å²) in [5.74, 6) is 0.937. The first-order chi connectivity index (χ1) is 7.59. The van der Waals surface area contributed by atoms with E-state index in [-0.39, 0.29) is 24.0 Å². The number of nitrogens with zero attached hydrogens (tertiary/aromatic N) is 1. The number of nitrogens with one attached hydrogen (secondary N) is 1. The quantitative estimate of drug-likeness (QED) is 0.708. The molecule has 0 aromatic heterocycles. The van der Waals surface area contributed by atoms with E-state index < -0.39 is 0 Å². The largest absolute Gasteiger partial charge is 0.393 e. The van der Waals surface area contributed by atoms with E-state index in [2.05, 4.69) is 12.2 Å². The molecule has 0 bridgehead atoms. The van der Waals surface area contributed by atoms with Gasteiger partial charge in [0.15, 0.2) is 0 Å². The highest BCUT2D eigenvalue weighted by Crippen LogP contribution is 2.23. The monoisotopic (exact) mass is 226 g/mol. The Bertz CT molecular complexity index is 268. The number of aliphatic hydroxyl groups is 1. The van der Waals surface area contributed by atoms with Gasteiger partial charge in [0.05, 0.1) is 12.1 Å². The molecule has 4 unspecified atom stereocenters. The van der Waals surface area contributed by atoms with Crippen LogP contribution in [0.4, 0.5) is 0 Å². The zero-order chi connectivity index (χ0) is 11.7. The molecular formula is C12H22N2O2. The van der Waals surface area contributed by atoms with E-state index >= 15 is 0 Å². The normalized spacial score (nSPS) is 36.7. The first-order valence-corrected chi connectivity index (χ1v) is 6.30. The number of amides is 1. The molecule has 92 valence electrons. The number of likely N-dealkylation sites (tertiary alicyclic amines) is 1. The fraction of sp³-hybridized carbons (Fsp3) is 0.917. The molecule has 2 heterocycles. The van der Waals surface area contributed by atoms with Crippen LogP contribution in [0.5, 0.6) is 0 Å². The fourth-order valence-electron chi connectivity index (χ4n) is 2.74. The molecule has 0 aromatic rings. The smallest absolute Gasteiger partial charge is 0.239 e. The van der Waals surface area contributed by atoms with Crippen LogP contribution in [0.1, 0.15) is 26.7 Å². The summed E-state index contributed by atoms with van der Waals surface area (Å²) < 4.78 is 0. The maximum absolute atomic E-state index is 12.2. The summed E-state index contributed by atoms with van der Waals surface area (Å²) in [6.45, 7) is 6.42. The van der Waals surface area contributed by atoms with Gasteiger partial charge in [-0.05, 0) is 32.2 Å². The minimum atomic E-state index is -0.299. The predicted octanol–water partition coefficient (Wildman–Crippen LogP) is 0.214. The highest BCUT2D eigenvalue weighted by Gasteiger charge is 2.36. The summed E-state index contributed by atoms with van der Waals surface area (Å²) in [4.78, 5) is 14.1. The molecule has 2 saturated heterocycles. The number of aliphatic hydroxyl groups excluding tert-OH is 1. The van der Waals surface area contributed by atoms with Crippen molar-refractivity contribution in [3.63, 3.8) is 0 Å². The van der Waals surface area contributed by atoms with Crippen molar-refractivity contribution in [2.24, 2.45) is 11.8 Å². The van der Waals surface area contributed by atoms with Gasteiger partial charge < -0.3 is 15.3 Å². The summed E-state index contributed by atoms with van der Waals surface area (Å²) in [6.07, 6.45) is 1.72. The number of carbonyl (C=O) groups is 1. The molecule has 0 radical (unpaired) electrons. The number of hydrogen-bond acceptors (Lipinski definition) is 3. The van der Waals surface area contributed by atoms with Gasteiger partial charge in [-0.15, -0.1) is 0 Å². The Morgan fingerprint density at radius 2 is 2.25 bits per heavy atom. The minimum absolute atomic E-state index is 0.00717. The summed E-state index contributed by atoms with van der Waals surface area (Å²) in [5, 5.41) is 12.8. The Balaban J connectivity index is 1.91. The molecule has 4 heteroatoms. The third-order valence-electron chi connectivity index (χ3n) is 4.02. The molecule has 16 heavy (non-hydrogen) atoms. The second kappa shape index (κ2) is 4.72. The van der Waals surface area contributed by atoms with Crippen LogP contribution in [-0.4, -0.2) is 47.7 Å². The number of hydrogen-bond donors (Lipinski definition) is 2. The first kappa shape index (κ1) is 11.9. The van der Waals surface area contributed by atoms with Crippen LogP contribution in [0.15, 0.2) is 0 Å². The van der Waals surface area contributed by atoms with Crippen LogP contribution >= 0.6 is 0 Å². The van der Waals surface area contributed by atoms with Crippen LogP contribution in [-0.2, 0) is 4.79 Å². The van der Waals surface area contributed by atoms with Gasteiger partial charge in [0.25, 0.3) is 0 Å². The van der Waals surface area contributed by atoms with Crippen LogP contribution in [0, 0.1) is 11.8 Å². The highest BCUT2D eigenvalue weighted by atomic mass is 16.3. The average Bonchev–Trinajstić information content (AvgIpc) is 2.84. The summed E-state index contributed by atoms with van der Waals surface area (Å²) in [7, 11) is 0. The SMILES string of the molecule is CC(O)C1CCN(C(=O)C2NCCC2C)C1. The molecule has 2 aliphatic heterocycles. The molecule has 2 N–H and O–H groups in total. The third-order valence-corrected chi connectivity index (χ3v) is 4.02. The molecule has 1 amide bonds. The van der Waals surface area contributed by atoms with E-state index in [0.29, 0.717) is 5.92 Å². The van der Waals surface area contributed by atoms with Crippen LogP contribution in [0.3, 0.4) is 0 Å². The van der Waals surface area contributed by atoms with Gasteiger partial charge in [-0.2, -0.15) is 0 Å². The minimum Gasteiger partial charge on any atom is -0.393 e. The maximum Gasteiger partial charge on any atom is 0.239 e. The van der Waals surface area contributed by atoms with E-state index in [0.717, 1.165) is 32.5 Å². The van der Waals surface area contributed by atoms with Gasteiger partial charge in [-0.3, -0.25) is 4.79 Å². The van der Waals surface area contributed by atoms with Crippen molar-refractivity contribution in [3.05, 3.63) is 0 Å². The second-order valence-electron chi connectivity index (χ2n) is 5.27. The van der Waals surface area contributed by atoms with Crippen LogP contribution < -0.4 is 5.32 Å². The average molecular weight is 226 g/mol. The van der Waals surface area contributed by atoms with Gasteiger partial charge in [-0.25, -0.2) is 0 Å². The lowest BCUT2D eigenvalue weighted by molar-refractivity contribution is -0.133. The molecule has 4 nitrogen and oxygen atoms in total. The van der Waals surface area contributed by atoms with Crippen molar-refractivity contribution in [1.82, 2.24) is 10.2 Å². The van der Waals surface area contributed by atoms with Crippen molar-refractivity contribution in [2.45, 2.75) is 38.8 Å². The molecule has 0 spiro atoms. The topological polar surface area (TPSA) is 52.6 Å². The van der Waals surface area contributed by atoms with E-state index in [1.807, 2.05) is 11.8 Å². The summed E-state index contributed by atoms with van der Waals surface area (Å²) in [5.41, 5.74) is 0. The van der Waals surface area contributed by atoms with Crippen LogP contribution in [0.2, 0.25) is 0 Å². The summed E-state index contributed by atoms with van der Waals surface area (Å²) in [6, 6.07) is 0.00717. The van der Waals surface area contributed by atoms with E-state index in [1.54, 1.807) is 0 Å². The standard InChI is InChI=1S/C12H22N2O2/c1-8-3-5-13-11(8)12(16)14-6-4-10(7-14)9(2)15/h8-11,13,15H,3-7H2,1-2H3. The highest BCUT2D eigenvalue weighted by molar-refractivity contribution is 5.82. The van der Waals surface area contributed by atoms with Crippen molar-refractivity contribution in [1.29, 1.82) is 0 Å². The van der Waals surface area contributed by atoms with Crippen molar-refractivity contribution in [2.75, 3.05) is 19.6 Å². The lowest BCUT2D eigenvalue weighted by Crippen LogP contribution is -2.45. The Labute approximate surface area is 97.0 Å². The maximum atomic E-state index is 12.2. The molecule has 0 aliphatic carbocycles. The van der Waals surface area contributed by atoms with Crippen LogP contribution in [0.25, 0.3) is 0 Å². The summed E-state index contributed by atoms with van der Waals surface area (Å²) >= 11 is 0. The Morgan fingerprint density at radius 3 is 2.75 bits per heavy atom. The first-order valence-electron chi connectivity index (χ1n) is 6.30. The molecule has 2 rings (SSSR count). The van der Waals surface area contributed by atoms with Crippen molar-refractivity contribution < 1.29 is 9.90 Å². The predicted molar refractivity (Wildman–Crippen MR) is 61.9 cm³/mol. The Kier molecular flexibility index (Phi) is 3.50. The molecular weight excluding hydrogens is 204 g/mol. The van der Waals surface area contributed by atoms with Crippen molar-refractivity contribution in [3.8, 4) is 0 Å². The van der Waals surface area contributed by atoms with Crippen molar-refractivity contribution >= 4 is 5.91 Å². The third kappa shape index (κ3) is 2.23. The van der Waals surface area contributed by atoms with Gasteiger partial charge in [0.2, 0.25) is 5.91 Å². The Hall–Kier alpha value is -0.610. The van der Waals surface area contributed by atoms with E-state index in [1.165, 1.54) is 0 Å². The fourth-order valence-corrected chi connectivity index (χ4v) is 2.74. The lowest BCUT2D eigenvalue weighted by atomic mass is 10.0. The zero-order valence-corrected chi connectivity index (χ0v) is 10.1. The van der Waals surface area contributed by atoms with E-state index in [4.69, 9.17) is 0 Å². The molecule has 0 saturated carbocycles.